The van der Waals surface area contributed by atoms with Gasteiger partial charge in [-0.25, -0.2) is 17.8 Å². The van der Waals surface area contributed by atoms with Crippen LogP contribution in [-0.4, -0.2) is 58.6 Å². The Bertz CT molecular complexity index is 1400. The molecule has 1 fully saturated rings. The molecule has 4 rings (SSSR count). The zero-order valence-electron chi connectivity index (χ0n) is 18.5. The molecule has 2 aromatic carbocycles. The fourth-order valence-corrected chi connectivity index (χ4v) is 6.70. The Morgan fingerprint density at radius 3 is 2.67 bits per heavy atom. The van der Waals surface area contributed by atoms with Crippen molar-refractivity contribution in [3.8, 4) is 5.69 Å². The van der Waals surface area contributed by atoms with E-state index >= 15 is 0 Å². The zero-order valence-corrected chi connectivity index (χ0v) is 20.1. The van der Waals surface area contributed by atoms with Crippen LogP contribution in [0.2, 0.25) is 0 Å². The lowest BCUT2D eigenvalue weighted by molar-refractivity contribution is -0.130. The second kappa shape index (κ2) is 8.90. The van der Waals surface area contributed by atoms with E-state index in [1.54, 1.807) is 57.3 Å². The van der Waals surface area contributed by atoms with Gasteiger partial charge in [-0.2, -0.15) is 0 Å². The van der Waals surface area contributed by atoms with Gasteiger partial charge in [0, 0.05) is 13.1 Å². The number of para-hydroxylation sites is 1. The maximum Gasteiger partial charge on any atom is 0.266 e. The summed E-state index contributed by atoms with van der Waals surface area (Å²) in [7, 11) is -1.53. The summed E-state index contributed by atoms with van der Waals surface area (Å²) in [6.45, 7) is 3.32. The second-order valence-electron chi connectivity index (χ2n) is 8.25. The van der Waals surface area contributed by atoms with Gasteiger partial charge < -0.3 is 4.90 Å². The van der Waals surface area contributed by atoms with E-state index in [1.165, 1.54) is 15.5 Å². The predicted molar refractivity (Wildman–Crippen MR) is 127 cm³/mol. The van der Waals surface area contributed by atoms with Crippen molar-refractivity contribution in [1.29, 1.82) is 0 Å². The van der Waals surface area contributed by atoms with Crippen molar-refractivity contribution in [2.24, 2.45) is 0 Å². The van der Waals surface area contributed by atoms with Crippen LogP contribution in [0.3, 0.4) is 0 Å². The normalized spacial score (nSPS) is 18.4. The lowest BCUT2D eigenvalue weighted by atomic mass is 10.2. The number of sulfone groups is 1. The maximum absolute atomic E-state index is 14.3. The first-order chi connectivity index (χ1) is 15.6. The Balaban J connectivity index is 1.72. The molecule has 0 N–H and O–H groups in total. The summed E-state index contributed by atoms with van der Waals surface area (Å²) in [4.78, 5) is 32.5. The number of nitrogens with zero attached hydrogens (tertiary/aromatic N) is 3. The van der Waals surface area contributed by atoms with Gasteiger partial charge in [0.1, 0.15) is 5.82 Å². The summed E-state index contributed by atoms with van der Waals surface area (Å²) in [6, 6.07) is 11.0. The van der Waals surface area contributed by atoms with Crippen LogP contribution in [0.15, 0.2) is 52.4 Å². The van der Waals surface area contributed by atoms with Gasteiger partial charge in [0.05, 0.1) is 33.3 Å². The fraction of sp³-hybridized carbons (Fsp3) is 0.348. The van der Waals surface area contributed by atoms with Gasteiger partial charge in [-0.1, -0.05) is 30.0 Å². The molecule has 3 aromatic rings. The number of rotatable bonds is 5. The van der Waals surface area contributed by atoms with Crippen LogP contribution in [0.1, 0.15) is 18.9 Å². The smallest absolute Gasteiger partial charge is 0.266 e. The molecule has 0 bridgehead atoms. The van der Waals surface area contributed by atoms with Crippen molar-refractivity contribution in [3.05, 3.63) is 64.2 Å². The molecule has 33 heavy (non-hydrogen) atoms. The highest BCUT2D eigenvalue weighted by Gasteiger charge is 2.34. The number of hydrogen-bond donors (Lipinski definition) is 0. The number of amides is 1. The molecule has 1 saturated heterocycles. The lowest BCUT2D eigenvalue weighted by Gasteiger charge is -2.26. The standard InChI is InChI=1S/C23H24FN3O4S2/c1-14-8-9-16(12-19(14)24)27-22(29)18-6-4-5-7-20(18)25-23(27)32-15(2)21(28)26(3)17-10-11-33(30,31)13-17/h4-9,12,15,17H,10-11,13H2,1-3H3. The molecule has 2 atom stereocenters. The molecule has 1 amide bonds. The van der Waals surface area contributed by atoms with E-state index < -0.39 is 20.9 Å². The Kier molecular flexibility index (Phi) is 6.32. The highest BCUT2D eigenvalue weighted by molar-refractivity contribution is 8.00. The number of halogens is 1. The number of aromatic nitrogens is 2. The van der Waals surface area contributed by atoms with E-state index in [0.29, 0.717) is 28.6 Å². The molecular weight excluding hydrogens is 465 g/mol. The third-order valence-corrected chi connectivity index (χ3v) is 8.68. The predicted octanol–water partition coefficient (Wildman–Crippen LogP) is 2.96. The number of aryl methyl sites for hydroxylation is 1. The van der Waals surface area contributed by atoms with E-state index in [9.17, 15) is 22.4 Å². The van der Waals surface area contributed by atoms with Gasteiger partial charge in [-0.05, 0) is 50.1 Å². The minimum atomic E-state index is -3.13. The summed E-state index contributed by atoms with van der Waals surface area (Å²) >= 11 is 1.09. The summed E-state index contributed by atoms with van der Waals surface area (Å²) < 4.78 is 39.3. The van der Waals surface area contributed by atoms with Crippen molar-refractivity contribution in [1.82, 2.24) is 14.5 Å². The molecule has 2 heterocycles. The lowest BCUT2D eigenvalue weighted by Crippen LogP contribution is -2.42. The maximum atomic E-state index is 14.3. The van der Waals surface area contributed by atoms with Gasteiger partial charge in [0.25, 0.3) is 5.56 Å². The van der Waals surface area contributed by atoms with Crippen LogP contribution in [0.5, 0.6) is 0 Å². The van der Waals surface area contributed by atoms with Gasteiger partial charge >= 0.3 is 0 Å². The number of carbonyl (C=O) groups is 1. The summed E-state index contributed by atoms with van der Waals surface area (Å²) in [6.07, 6.45) is 0.406. The Hall–Kier alpha value is -2.72. The summed E-state index contributed by atoms with van der Waals surface area (Å²) in [5, 5.41) is -0.00162. The van der Waals surface area contributed by atoms with E-state index in [1.807, 2.05) is 0 Å². The van der Waals surface area contributed by atoms with Crippen LogP contribution in [0.25, 0.3) is 16.6 Å². The van der Waals surface area contributed by atoms with Gasteiger partial charge in [0.15, 0.2) is 15.0 Å². The highest BCUT2D eigenvalue weighted by atomic mass is 32.2. The molecule has 0 radical (unpaired) electrons. The number of carbonyl (C=O) groups excluding carboxylic acids is 1. The number of benzene rings is 2. The van der Waals surface area contributed by atoms with Crippen molar-refractivity contribution < 1.29 is 17.6 Å². The van der Waals surface area contributed by atoms with Crippen molar-refractivity contribution >= 4 is 38.4 Å². The first-order valence-corrected chi connectivity index (χ1v) is 13.2. The monoisotopic (exact) mass is 489 g/mol. The summed E-state index contributed by atoms with van der Waals surface area (Å²) in [5.74, 6) is -0.684. The molecular formula is C23H24FN3O4S2. The second-order valence-corrected chi connectivity index (χ2v) is 11.8. The minimum Gasteiger partial charge on any atom is -0.341 e. The molecule has 2 unspecified atom stereocenters. The highest BCUT2D eigenvalue weighted by Crippen LogP contribution is 2.28. The quantitative estimate of drug-likeness (QED) is 0.404. The van der Waals surface area contributed by atoms with Crippen LogP contribution in [0, 0.1) is 12.7 Å². The molecule has 1 aromatic heterocycles. The number of hydrogen-bond acceptors (Lipinski definition) is 6. The third kappa shape index (κ3) is 4.67. The summed E-state index contributed by atoms with van der Waals surface area (Å²) in [5.41, 5.74) is 0.884. The Morgan fingerprint density at radius 2 is 2.00 bits per heavy atom. The number of fused-ring (bicyclic) bond motifs is 1. The topological polar surface area (TPSA) is 89.3 Å². The van der Waals surface area contributed by atoms with E-state index in [0.717, 1.165) is 11.8 Å². The Morgan fingerprint density at radius 1 is 1.27 bits per heavy atom. The van der Waals surface area contributed by atoms with Crippen molar-refractivity contribution in [2.75, 3.05) is 18.6 Å². The molecule has 174 valence electrons. The van der Waals surface area contributed by atoms with Crippen LogP contribution >= 0.6 is 11.8 Å². The average Bonchev–Trinajstić information content (AvgIpc) is 3.14. The van der Waals surface area contributed by atoms with E-state index in [-0.39, 0.29) is 34.2 Å². The minimum absolute atomic E-state index is 0.0474. The third-order valence-electron chi connectivity index (χ3n) is 5.89. The molecule has 0 spiro atoms. The van der Waals surface area contributed by atoms with E-state index in [4.69, 9.17) is 0 Å². The van der Waals surface area contributed by atoms with E-state index in [2.05, 4.69) is 4.98 Å². The molecule has 1 aliphatic heterocycles. The van der Waals surface area contributed by atoms with Crippen LogP contribution in [-0.2, 0) is 14.6 Å². The molecule has 0 aliphatic carbocycles. The largest absolute Gasteiger partial charge is 0.341 e. The molecule has 10 heteroatoms. The molecule has 7 nitrogen and oxygen atoms in total. The first-order valence-electron chi connectivity index (χ1n) is 10.5. The Labute approximate surface area is 195 Å². The van der Waals surface area contributed by atoms with Gasteiger partial charge in [-0.3, -0.25) is 14.2 Å². The fourth-order valence-electron chi connectivity index (χ4n) is 3.90. The SMILES string of the molecule is Cc1ccc(-n2c(SC(C)C(=O)N(C)C3CCS(=O)(=O)C3)nc3ccccc3c2=O)cc1F. The zero-order chi connectivity index (χ0) is 23.9. The average molecular weight is 490 g/mol. The van der Waals surface area contributed by atoms with Gasteiger partial charge in [-0.15, -0.1) is 0 Å². The molecule has 1 aliphatic rings. The van der Waals surface area contributed by atoms with Gasteiger partial charge in [0.2, 0.25) is 5.91 Å². The van der Waals surface area contributed by atoms with Crippen LogP contribution in [0.4, 0.5) is 4.39 Å². The number of thioether (sulfide) groups is 1. The van der Waals surface area contributed by atoms with Crippen molar-refractivity contribution in [3.63, 3.8) is 0 Å². The van der Waals surface area contributed by atoms with Crippen molar-refractivity contribution in [2.45, 2.75) is 36.7 Å². The first kappa shape index (κ1) is 23.4. The van der Waals surface area contributed by atoms with Crippen LogP contribution < -0.4 is 5.56 Å². The molecule has 0 saturated carbocycles.